The largest absolute Gasteiger partial charge is 0.340 e. The molecule has 25 heavy (non-hydrogen) atoms. The summed E-state index contributed by atoms with van der Waals surface area (Å²) < 4.78 is 2.02. The highest BCUT2D eigenvalue weighted by Crippen LogP contribution is 2.20. The van der Waals surface area contributed by atoms with Crippen molar-refractivity contribution in [1.29, 1.82) is 0 Å². The van der Waals surface area contributed by atoms with Gasteiger partial charge in [0, 0.05) is 31.0 Å². The van der Waals surface area contributed by atoms with Gasteiger partial charge in [-0.25, -0.2) is 0 Å². The maximum Gasteiger partial charge on any atom is 0.270 e. The van der Waals surface area contributed by atoms with E-state index in [1.54, 1.807) is 0 Å². The minimum Gasteiger partial charge on any atom is -0.340 e. The fourth-order valence-corrected chi connectivity index (χ4v) is 3.13. The number of benzene rings is 1. The average Bonchev–Trinajstić information content (AvgIpc) is 2.89. The van der Waals surface area contributed by atoms with E-state index >= 15 is 0 Å². The van der Waals surface area contributed by atoms with Gasteiger partial charge in [0.15, 0.2) is 0 Å². The van der Waals surface area contributed by atoms with Crippen molar-refractivity contribution in [3.63, 3.8) is 0 Å². The van der Waals surface area contributed by atoms with E-state index in [2.05, 4.69) is 50.1 Å². The van der Waals surface area contributed by atoms with Crippen LogP contribution in [0.1, 0.15) is 23.3 Å². The lowest BCUT2D eigenvalue weighted by Crippen LogP contribution is -2.36. The van der Waals surface area contributed by atoms with E-state index in [9.17, 15) is 4.79 Å². The summed E-state index contributed by atoms with van der Waals surface area (Å²) >= 11 is 0. The molecule has 5 nitrogen and oxygen atoms in total. The number of carbonyl (C=O) groups excluding carboxylic acids is 1. The quantitative estimate of drug-likeness (QED) is 0.701. The maximum absolute atomic E-state index is 13.2. The van der Waals surface area contributed by atoms with Gasteiger partial charge in [0.05, 0.1) is 0 Å². The number of carbonyl (C=O) groups is 1. The van der Waals surface area contributed by atoms with Crippen LogP contribution in [0.3, 0.4) is 0 Å². The third kappa shape index (κ3) is 5.31. The van der Waals surface area contributed by atoms with Gasteiger partial charge >= 0.3 is 0 Å². The molecule has 0 aliphatic rings. The summed E-state index contributed by atoms with van der Waals surface area (Å²) in [5, 5.41) is 1.12. The van der Waals surface area contributed by atoms with Gasteiger partial charge in [-0.1, -0.05) is 18.2 Å². The van der Waals surface area contributed by atoms with Gasteiger partial charge in [-0.2, -0.15) is 0 Å². The number of nitrogens with zero attached hydrogens (tertiary/aromatic N) is 4. The van der Waals surface area contributed by atoms with Crippen LogP contribution in [-0.4, -0.2) is 79.5 Å². The molecule has 1 aromatic heterocycles. The summed E-state index contributed by atoms with van der Waals surface area (Å²) in [6.45, 7) is 3.58. The van der Waals surface area contributed by atoms with Crippen molar-refractivity contribution >= 4 is 16.8 Å². The molecule has 0 atom stereocenters. The van der Waals surface area contributed by atoms with Crippen molar-refractivity contribution in [2.75, 3.05) is 54.4 Å². The second-order valence-corrected chi connectivity index (χ2v) is 7.25. The summed E-state index contributed by atoms with van der Waals surface area (Å²) in [5.74, 6) is 0.135. The Balaban J connectivity index is 2.15. The van der Waals surface area contributed by atoms with Crippen molar-refractivity contribution < 1.29 is 4.79 Å². The number of hydrogen-bond donors (Lipinski definition) is 0. The Labute approximate surface area is 151 Å². The zero-order chi connectivity index (χ0) is 18.4. The Morgan fingerprint density at radius 3 is 2.00 bits per heavy atom. The molecule has 2 rings (SSSR count). The van der Waals surface area contributed by atoms with Gasteiger partial charge in [-0.3, -0.25) is 4.79 Å². The van der Waals surface area contributed by atoms with E-state index in [0.717, 1.165) is 55.6 Å². The molecule has 1 aromatic carbocycles. The molecule has 138 valence electrons. The minimum atomic E-state index is 0.135. The molecule has 0 radical (unpaired) electrons. The van der Waals surface area contributed by atoms with Crippen molar-refractivity contribution in [3.05, 3.63) is 36.0 Å². The fourth-order valence-electron chi connectivity index (χ4n) is 3.13. The van der Waals surface area contributed by atoms with Crippen LogP contribution in [0.5, 0.6) is 0 Å². The smallest absolute Gasteiger partial charge is 0.270 e. The van der Waals surface area contributed by atoms with E-state index in [1.807, 2.05) is 34.7 Å². The number of aromatic nitrogens is 1. The second-order valence-electron chi connectivity index (χ2n) is 7.25. The molecular formula is C20H32N4O. The standard InChI is InChI=1S/C20H32N4O/c1-21(2)12-8-14-24(15-9-13-22(3)4)20(25)19-16-17-10-6-7-11-18(17)23(19)5/h6-7,10-11,16H,8-9,12-15H2,1-5H3. The van der Waals surface area contributed by atoms with Crippen molar-refractivity contribution in [2.24, 2.45) is 7.05 Å². The summed E-state index contributed by atoms with van der Waals surface area (Å²) in [6, 6.07) is 10.2. The summed E-state index contributed by atoms with van der Waals surface area (Å²) in [5.41, 5.74) is 1.88. The molecule has 1 amide bonds. The van der Waals surface area contributed by atoms with Crippen molar-refractivity contribution in [2.45, 2.75) is 12.8 Å². The van der Waals surface area contributed by atoms with Gasteiger partial charge in [0.1, 0.15) is 5.69 Å². The number of rotatable bonds is 9. The molecule has 0 saturated heterocycles. The zero-order valence-corrected chi connectivity index (χ0v) is 16.3. The summed E-state index contributed by atoms with van der Waals surface area (Å²) in [4.78, 5) is 19.5. The van der Waals surface area contributed by atoms with Crippen LogP contribution in [0.25, 0.3) is 10.9 Å². The Bertz CT molecular complexity index is 676. The molecule has 0 N–H and O–H groups in total. The second kappa shape index (κ2) is 9.02. The Morgan fingerprint density at radius 2 is 1.48 bits per heavy atom. The third-order valence-electron chi connectivity index (χ3n) is 4.52. The lowest BCUT2D eigenvalue weighted by molar-refractivity contribution is 0.0735. The van der Waals surface area contributed by atoms with Gasteiger partial charge < -0.3 is 19.3 Å². The Hall–Kier alpha value is -1.85. The molecular weight excluding hydrogens is 312 g/mol. The number of hydrogen-bond acceptors (Lipinski definition) is 3. The van der Waals surface area contributed by atoms with Crippen LogP contribution in [0.2, 0.25) is 0 Å². The van der Waals surface area contributed by atoms with Crippen LogP contribution in [0.4, 0.5) is 0 Å². The van der Waals surface area contributed by atoms with Gasteiger partial charge in [0.2, 0.25) is 0 Å². The molecule has 0 unspecified atom stereocenters. The highest BCUT2D eigenvalue weighted by Gasteiger charge is 2.19. The van der Waals surface area contributed by atoms with Gasteiger partial charge in [-0.15, -0.1) is 0 Å². The highest BCUT2D eigenvalue weighted by molar-refractivity contribution is 5.98. The summed E-state index contributed by atoms with van der Waals surface area (Å²) in [7, 11) is 10.3. The predicted molar refractivity (Wildman–Crippen MR) is 105 cm³/mol. The van der Waals surface area contributed by atoms with E-state index in [4.69, 9.17) is 0 Å². The predicted octanol–water partition coefficient (Wildman–Crippen LogP) is 2.52. The van der Waals surface area contributed by atoms with Crippen LogP contribution < -0.4 is 0 Å². The monoisotopic (exact) mass is 344 g/mol. The van der Waals surface area contributed by atoms with Crippen LogP contribution in [-0.2, 0) is 7.05 Å². The van der Waals surface area contributed by atoms with Crippen molar-refractivity contribution in [1.82, 2.24) is 19.3 Å². The fraction of sp³-hybridized carbons (Fsp3) is 0.550. The van der Waals surface area contributed by atoms with E-state index < -0.39 is 0 Å². The molecule has 0 aliphatic carbocycles. The Morgan fingerprint density at radius 1 is 0.920 bits per heavy atom. The SMILES string of the molecule is CN(C)CCCN(CCCN(C)C)C(=O)c1cc2ccccc2n1C. The number of fused-ring (bicyclic) bond motifs is 1. The van der Waals surface area contributed by atoms with Crippen LogP contribution in [0, 0.1) is 0 Å². The van der Waals surface area contributed by atoms with E-state index in [-0.39, 0.29) is 5.91 Å². The average molecular weight is 345 g/mol. The molecule has 0 aliphatic heterocycles. The van der Waals surface area contributed by atoms with E-state index in [0.29, 0.717) is 0 Å². The molecule has 2 aromatic rings. The first-order valence-corrected chi connectivity index (χ1v) is 9.03. The molecule has 0 saturated carbocycles. The first-order valence-electron chi connectivity index (χ1n) is 9.03. The lowest BCUT2D eigenvalue weighted by atomic mass is 10.2. The highest BCUT2D eigenvalue weighted by atomic mass is 16.2. The topological polar surface area (TPSA) is 31.7 Å². The summed E-state index contributed by atoms with van der Waals surface area (Å²) in [6.07, 6.45) is 1.98. The first kappa shape index (κ1) is 19.5. The molecule has 5 heteroatoms. The van der Waals surface area contributed by atoms with Crippen molar-refractivity contribution in [3.8, 4) is 0 Å². The molecule has 0 fully saturated rings. The molecule has 0 bridgehead atoms. The van der Waals surface area contributed by atoms with Gasteiger partial charge in [0.25, 0.3) is 5.91 Å². The minimum absolute atomic E-state index is 0.135. The normalized spacial score (nSPS) is 11.6. The van der Waals surface area contributed by atoms with E-state index in [1.165, 1.54) is 0 Å². The lowest BCUT2D eigenvalue weighted by Gasteiger charge is -2.24. The van der Waals surface area contributed by atoms with Crippen LogP contribution >= 0.6 is 0 Å². The molecule has 0 spiro atoms. The number of para-hydroxylation sites is 1. The molecule has 1 heterocycles. The first-order chi connectivity index (χ1) is 11.9. The number of amides is 1. The van der Waals surface area contributed by atoms with Gasteiger partial charge in [-0.05, 0) is 66.3 Å². The maximum atomic E-state index is 13.2. The Kier molecular flexibility index (Phi) is 7.02. The zero-order valence-electron chi connectivity index (χ0n) is 16.3. The number of aryl methyl sites for hydroxylation is 1. The van der Waals surface area contributed by atoms with Crippen LogP contribution in [0.15, 0.2) is 30.3 Å². The third-order valence-corrected chi connectivity index (χ3v) is 4.52.